The zero-order valence-electron chi connectivity index (χ0n) is 21.3. The van der Waals surface area contributed by atoms with Gasteiger partial charge in [-0.25, -0.2) is 4.99 Å². The van der Waals surface area contributed by atoms with Crippen molar-refractivity contribution in [1.29, 1.82) is 0 Å². The first-order valence-corrected chi connectivity index (χ1v) is 14.0. The maximum Gasteiger partial charge on any atom is 0.262 e. The van der Waals surface area contributed by atoms with Crippen molar-refractivity contribution in [3.8, 4) is 0 Å². The summed E-state index contributed by atoms with van der Waals surface area (Å²) in [6, 6.07) is 16.2. The Morgan fingerprint density at radius 1 is 1.06 bits per heavy atom. The molecular weight excluding hydrogens is 511 g/mol. The first-order chi connectivity index (χ1) is 17.1. The number of thioether (sulfide) groups is 1. The number of hydrogen-bond donors (Lipinski definition) is 0. The SMILES string of the molecule is CC(C)C1=C(C(=O)N2CCN(C)[C@@H](C)C2)SC2=N[C@@](C)(c3ccc(Cl)cc3)[C@@H](c3ccc(Cl)cc3)N21. The molecule has 0 aliphatic carbocycles. The van der Waals surface area contributed by atoms with Gasteiger partial charge in [0, 0.05) is 41.4 Å². The molecule has 3 atom stereocenters. The molecule has 1 fully saturated rings. The Labute approximate surface area is 228 Å². The van der Waals surface area contributed by atoms with E-state index in [1.807, 2.05) is 29.2 Å². The molecule has 1 amide bonds. The van der Waals surface area contributed by atoms with Gasteiger partial charge in [0.05, 0.1) is 6.04 Å². The minimum atomic E-state index is -0.558. The Hall–Kier alpha value is -1.99. The summed E-state index contributed by atoms with van der Waals surface area (Å²) in [4.78, 5) is 26.6. The molecule has 3 heterocycles. The van der Waals surface area contributed by atoms with Crippen molar-refractivity contribution in [2.24, 2.45) is 10.9 Å². The molecule has 0 unspecified atom stereocenters. The molecule has 3 aliphatic heterocycles. The number of fused-ring (bicyclic) bond motifs is 1. The first-order valence-electron chi connectivity index (χ1n) is 12.4. The second-order valence-corrected chi connectivity index (χ2v) is 12.3. The van der Waals surface area contributed by atoms with Crippen molar-refractivity contribution in [3.05, 3.63) is 80.3 Å². The lowest BCUT2D eigenvalue weighted by molar-refractivity contribution is -0.129. The van der Waals surface area contributed by atoms with E-state index < -0.39 is 5.54 Å². The number of piperazine rings is 1. The molecule has 0 N–H and O–H groups in total. The monoisotopic (exact) mass is 542 g/mol. The lowest BCUT2D eigenvalue weighted by atomic mass is 9.81. The Balaban J connectivity index is 1.60. The number of hydrogen-bond acceptors (Lipinski definition) is 5. The third kappa shape index (κ3) is 4.36. The summed E-state index contributed by atoms with van der Waals surface area (Å²) in [5.74, 6) is 0.264. The molecule has 5 rings (SSSR count). The van der Waals surface area contributed by atoms with Crippen molar-refractivity contribution in [3.63, 3.8) is 0 Å². The third-order valence-electron chi connectivity index (χ3n) is 7.61. The van der Waals surface area contributed by atoms with E-state index in [-0.39, 0.29) is 17.9 Å². The molecule has 0 bridgehead atoms. The number of benzene rings is 2. The smallest absolute Gasteiger partial charge is 0.262 e. The molecule has 3 aliphatic rings. The molecule has 0 aromatic heterocycles. The number of likely N-dealkylation sites (N-methyl/N-ethyl adjacent to an activating group) is 1. The third-order valence-corrected chi connectivity index (χ3v) is 9.17. The van der Waals surface area contributed by atoms with Crippen molar-refractivity contribution in [1.82, 2.24) is 14.7 Å². The summed E-state index contributed by atoms with van der Waals surface area (Å²) in [5.41, 5.74) is 2.68. The summed E-state index contributed by atoms with van der Waals surface area (Å²) >= 11 is 14.0. The lowest BCUT2D eigenvalue weighted by Gasteiger charge is -2.39. The van der Waals surface area contributed by atoms with E-state index in [1.54, 1.807) is 0 Å². The predicted molar refractivity (Wildman–Crippen MR) is 150 cm³/mol. The van der Waals surface area contributed by atoms with E-state index in [2.05, 4.69) is 68.8 Å². The molecule has 0 spiro atoms. The zero-order chi connectivity index (χ0) is 25.8. The van der Waals surface area contributed by atoms with Crippen LogP contribution in [0.5, 0.6) is 0 Å². The van der Waals surface area contributed by atoms with Crippen LogP contribution in [0.2, 0.25) is 10.0 Å². The van der Waals surface area contributed by atoms with Gasteiger partial charge in [-0.05, 0) is 74.0 Å². The molecule has 1 saturated heterocycles. The highest BCUT2D eigenvalue weighted by Gasteiger charge is 2.53. The highest BCUT2D eigenvalue weighted by atomic mass is 35.5. The average molecular weight is 544 g/mol. The second kappa shape index (κ2) is 9.71. The minimum Gasteiger partial charge on any atom is -0.335 e. The Bertz CT molecular complexity index is 1230. The number of nitrogens with zero attached hydrogens (tertiary/aromatic N) is 4. The van der Waals surface area contributed by atoms with E-state index in [4.69, 9.17) is 28.2 Å². The number of aliphatic imine (C=N–C) groups is 1. The van der Waals surface area contributed by atoms with Crippen LogP contribution in [-0.2, 0) is 10.3 Å². The fourth-order valence-corrected chi connectivity index (χ4v) is 7.07. The molecule has 2 aromatic carbocycles. The molecule has 8 heteroatoms. The Morgan fingerprint density at radius 3 is 2.25 bits per heavy atom. The van der Waals surface area contributed by atoms with Crippen LogP contribution in [0, 0.1) is 5.92 Å². The van der Waals surface area contributed by atoms with Gasteiger partial charge >= 0.3 is 0 Å². The fraction of sp³-hybridized carbons (Fsp3) is 0.429. The molecule has 0 saturated carbocycles. The molecule has 190 valence electrons. The number of halogens is 2. The second-order valence-electron chi connectivity index (χ2n) is 10.4. The topological polar surface area (TPSA) is 39.2 Å². The van der Waals surface area contributed by atoms with Gasteiger partial charge in [0.2, 0.25) is 0 Å². The van der Waals surface area contributed by atoms with Crippen LogP contribution in [0.15, 0.2) is 64.1 Å². The van der Waals surface area contributed by atoms with E-state index in [9.17, 15) is 4.79 Å². The van der Waals surface area contributed by atoms with Crippen LogP contribution >= 0.6 is 35.0 Å². The van der Waals surface area contributed by atoms with Crippen LogP contribution in [0.3, 0.4) is 0 Å². The average Bonchev–Trinajstić information content (AvgIpc) is 3.34. The first kappa shape index (κ1) is 25.7. The maximum atomic E-state index is 13.9. The fourth-order valence-electron chi connectivity index (χ4n) is 5.44. The van der Waals surface area contributed by atoms with E-state index >= 15 is 0 Å². The molecule has 36 heavy (non-hydrogen) atoms. The van der Waals surface area contributed by atoms with Gasteiger partial charge in [-0.2, -0.15) is 0 Å². The highest BCUT2D eigenvalue weighted by molar-refractivity contribution is 8.18. The van der Waals surface area contributed by atoms with Gasteiger partial charge in [-0.1, -0.05) is 61.3 Å². The largest absolute Gasteiger partial charge is 0.335 e. The molecule has 5 nitrogen and oxygen atoms in total. The Kier molecular flexibility index (Phi) is 6.92. The van der Waals surface area contributed by atoms with Gasteiger partial charge < -0.3 is 14.7 Å². The van der Waals surface area contributed by atoms with Crippen molar-refractivity contribution >= 4 is 46.0 Å². The number of allylic oxidation sites excluding steroid dienone is 1. The van der Waals surface area contributed by atoms with Crippen molar-refractivity contribution < 1.29 is 4.79 Å². The molecular formula is C28H32Cl2N4OS. The maximum absolute atomic E-state index is 13.9. The van der Waals surface area contributed by atoms with Crippen LogP contribution in [0.1, 0.15) is 44.9 Å². The summed E-state index contributed by atoms with van der Waals surface area (Å²) in [6.07, 6.45) is 0. The van der Waals surface area contributed by atoms with Crippen molar-refractivity contribution in [2.75, 3.05) is 26.7 Å². The number of carbonyl (C=O) groups is 1. The molecule has 0 radical (unpaired) electrons. The summed E-state index contributed by atoms with van der Waals surface area (Å²) in [6.45, 7) is 11.0. The predicted octanol–water partition coefficient (Wildman–Crippen LogP) is 6.40. The normalized spacial score (nSPS) is 26.6. The Morgan fingerprint density at radius 2 is 1.67 bits per heavy atom. The summed E-state index contributed by atoms with van der Waals surface area (Å²) in [7, 11) is 2.12. The van der Waals surface area contributed by atoms with Crippen LogP contribution in [-0.4, -0.2) is 58.5 Å². The number of amides is 1. The van der Waals surface area contributed by atoms with E-state index in [1.165, 1.54) is 11.8 Å². The number of amidine groups is 1. The van der Waals surface area contributed by atoms with Gasteiger partial charge in [-0.15, -0.1) is 0 Å². The quantitative estimate of drug-likeness (QED) is 0.448. The van der Waals surface area contributed by atoms with Crippen LogP contribution < -0.4 is 0 Å². The minimum absolute atomic E-state index is 0.115. The standard InChI is InChI=1S/C28H32Cl2N4OS/c1-17(2)23-24(26(35)33-15-14-32(5)18(3)16-33)36-27-31-28(4,20-8-12-22(30)13-9-20)25(34(23)27)19-6-10-21(29)11-7-19/h6-13,17-18,25H,14-16H2,1-5H3/t18-,25+,28-/m0/s1. The van der Waals surface area contributed by atoms with Gasteiger partial charge in [0.15, 0.2) is 5.17 Å². The van der Waals surface area contributed by atoms with Crippen LogP contribution in [0.4, 0.5) is 0 Å². The van der Waals surface area contributed by atoms with E-state index in [0.717, 1.165) is 46.5 Å². The molecule has 2 aromatic rings. The number of carbonyl (C=O) groups excluding carboxylic acids is 1. The number of rotatable bonds is 4. The summed E-state index contributed by atoms with van der Waals surface area (Å²) in [5, 5.41) is 2.27. The lowest BCUT2D eigenvalue weighted by Crippen LogP contribution is -2.52. The van der Waals surface area contributed by atoms with Gasteiger partial charge in [0.25, 0.3) is 5.91 Å². The summed E-state index contributed by atoms with van der Waals surface area (Å²) < 4.78 is 0. The van der Waals surface area contributed by atoms with Gasteiger partial charge in [0.1, 0.15) is 10.4 Å². The van der Waals surface area contributed by atoms with Crippen LogP contribution in [0.25, 0.3) is 0 Å². The van der Waals surface area contributed by atoms with E-state index in [0.29, 0.717) is 16.1 Å². The highest BCUT2D eigenvalue weighted by Crippen LogP contribution is 2.56. The van der Waals surface area contributed by atoms with Crippen molar-refractivity contribution in [2.45, 2.75) is 45.3 Å². The van der Waals surface area contributed by atoms with Gasteiger partial charge in [-0.3, -0.25) is 4.79 Å². The zero-order valence-corrected chi connectivity index (χ0v) is 23.7.